The zero-order valence-electron chi connectivity index (χ0n) is 14.5. The summed E-state index contributed by atoms with van der Waals surface area (Å²) in [7, 11) is 1.59. The van der Waals surface area contributed by atoms with Gasteiger partial charge in [-0.2, -0.15) is 0 Å². The quantitative estimate of drug-likeness (QED) is 0.736. The summed E-state index contributed by atoms with van der Waals surface area (Å²) in [6.07, 6.45) is 3.57. The molecule has 128 valence electrons. The van der Waals surface area contributed by atoms with Gasteiger partial charge in [0, 0.05) is 13.7 Å². The van der Waals surface area contributed by atoms with Crippen molar-refractivity contribution >= 4 is 5.91 Å². The van der Waals surface area contributed by atoms with Crippen molar-refractivity contribution in [2.75, 3.05) is 13.7 Å². The van der Waals surface area contributed by atoms with Crippen molar-refractivity contribution < 1.29 is 9.53 Å². The Morgan fingerprint density at radius 2 is 1.96 bits per heavy atom. The number of hydrogen-bond acceptors (Lipinski definition) is 3. The Hall–Kier alpha value is -1.39. The molecular formula is C19H30N2O2. The van der Waals surface area contributed by atoms with Crippen molar-refractivity contribution in [3.8, 4) is 0 Å². The van der Waals surface area contributed by atoms with Gasteiger partial charge in [0.2, 0.25) is 5.91 Å². The van der Waals surface area contributed by atoms with Gasteiger partial charge in [-0.1, -0.05) is 38.1 Å². The molecule has 23 heavy (non-hydrogen) atoms. The van der Waals surface area contributed by atoms with Gasteiger partial charge in [0.25, 0.3) is 0 Å². The number of benzene rings is 1. The summed E-state index contributed by atoms with van der Waals surface area (Å²) in [5, 5.41) is 3.18. The molecule has 1 amide bonds. The van der Waals surface area contributed by atoms with Gasteiger partial charge in [-0.25, -0.2) is 0 Å². The zero-order valence-corrected chi connectivity index (χ0v) is 14.5. The van der Waals surface area contributed by atoms with E-state index in [2.05, 4.69) is 43.4 Å². The largest absolute Gasteiger partial charge is 0.380 e. The van der Waals surface area contributed by atoms with Gasteiger partial charge in [0.1, 0.15) is 0 Å². The second-order valence-electron chi connectivity index (χ2n) is 7.02. The van der Waals surface area contributed by atoms with Gasteiger partial charge < -0.3 is 15.8 Å². The van der Waals surface area contributed by atoms with Crippen LogP contribution in [0.2, 0.25) is 0 Å². The normalized spacial score (nSPS) is 17.1. The molecule has 1 aromatic carbocycles. The molecule has 0 spiro atoms. The summed E-state index contributed by atoms with van der Waals surface area (Å²) in [5.74, 6) is 1.24. The second kappa shape index (κ2) is 8.46. The minimum Gasteiger partial charge on any atom is -0.380 e. The minimum atomic E-state index is -0.205. The Bertz CT molecular complexity index is 491. The lowest BCUT2D eigenvalue weighted by atomic mass is 9.97. The third-order valence-electron chi connectivity index (χ3n) is 4.40. The van der Waals surface area contributed by atoms with E-state index in [9.17, 15) is 4.79 Å². The van der Waals surface area contributed by atoms with Crippen LogP contribution in [0.15, 0.2) is 24.3 Å². The summed E-state index contributed by atoms with van der Waals surface area (Å²) in [5.41, 5.74) is 8.15. The van der Waals surface area contributed by atoms with Gasteiger partial charge in [-0.3, -0.25) is 4.79 Å². The average Bonchev–Trinajstić information content (AvgIpc) is 3.35. The predicted octanol–water partition coefficient (Wildman–Crippen LogP) is 2.82. The Morgan fingerprint density at radius 3 is 2.43 bits per heavy atom. The fourth-order valence-corrected chi connectivity index (χ4v) is 2.94. The van der Waals surface area contributed by atoms with Gasteiger partial charge in [0.15, 0.2) is 0 Å². The first kappa shape index (κ1) is 18.0. The van der Waals surface area contributed by atoms with Crippen LogP contribution in [0.3, 0.4) is 0 Å². The molecule has 0 heterocycles. The molecule has 3 N–H and O–H groups in total. The van der Waals surface area contributed by atoms with Crippen LogP contribution < -0.4 is 11.1 Å². The lowest BCUT2D eigenvalue weighted by molar-refractivity contribution is -0.124. The highest BCUT2D eigenvalue weighted by Crippen LogP contribution is 2.41. The summed E-state index contributed by atoms with van der Waals surface area (Å²) in [6.45, 7) is 4.82. The fraction of sp³-hybridized carbons (Fsp3) is 0.632. The van der Waals surface area contributed by atoms with Crippen molar-refractivity contribution in [2.24, 2.45) is 17.6 Å². The third-order valence-corrected chi connectivity index (χ3v) is 4.40. The Kier molecular flexibility index (Phi) is 6.60. The molecular weight excluding hydrogens is 288 g/mol. The van der Waals surface area contributed by atoms with E-state index in [1.165, 1.54) is 24.0 Å². The van der Waals surface area contributed by atoms with E-state index in [-0.39, 0.29) is 18.1 Å². The molecule has 1 aliphatic rings. The first-order valence-corrected chi connectivity index (χ1v) is 8.64. The van der Waals surface area contributed by atoms with Crippen LogP contribution >= 0.6 is 0 Å². The summed E-state index contributed by atoms with van der Waals surface area (Å²) in [6, 6.07) is 8.82. The monoisotopic (exact) mass is 318 g/mol. The van der Waals surface area contributed by atoms with Crippen LogP contribution in [-0.4, -0.2) is 25.7 Å². The number of carbonyl (C=O) groups excluding carboxylic acids is 1. The molecule has 0 bridgehead atoms. The Labute approximate surface area is 139 Å². The summed E-state index contributed by atoms with van der Waals surface area (Å²) in [4.78, 5) is 12.3. The van der Waals surface area contributed by atoms with Crippen LogP contribution in [0.25, 0.3) is 0 Å². The van der Waals surface area contributed by atoms with E-state index in [1.54, 1.807) is 7.11 Å². The van der Waals surface area contributed by atoms with Crippen LogP contribution in [0.4, 0.5) is 0 Å². The van der Waals surface area contributed by atoms with E-state index in [4.69, 9.17) is 10.5 Å². The number of nitrogens with one attached hydrogen (secondary N) is 1. The van der Waals surface area contributed by atoms with E-state index in [0.717, 1.165) is 6.42 Å². The maximum atomic E-state index is 12.3. The average molecular weight is 318 g/mol. The van der Waals surface area contributed by atoms with E-state index in [0.29, 0.717) is 24.8 Å². The lowest BCUT2D eigenvalue weighted by Crippen LogP contribution is -2.35. The molecule has 2 rings (SSSR count). The SMILES string of the molecule is COC(CN)CC(=O)NC(c1ccc(CC(C)C)cc1)C1CC1. The topological polar surface area (TPSA) is 64.3 Å². The fourth-order valence-electron chi connectivity index (χ4n) is 2.94. The van der Waals surface area contributed by atoms with Crippen molar-refractivity contribution in [3.63, 3.8) is 0 Å². The van der Waals surface area contributed by atoms with Crippen molar-refractivity contribution in [2.45, 2.75) is 51.7 Å². The molecule has 0 radical (unpaired) electrons. The van der Waals surface area contributed by atoms with E-state index < -0.39 is 0 Å². The molecule has 2 unspecified atom stereocenters. The van der Waals surface area contributed by atoms with Crippen LogP contribution in [0.1, 0.15) is 50.3 Å². The first-order chi connectivity index (χ1) is 11.0. The smallest absolute Gasteiger partial charge is 0.223 e. The number of nitrogens with two attached hydrogens (primary N) is 1. The Morgan fingerprint density at radius 1 is 1.30 bits per heavy atom. The molecule has 2 atom stereocenters. The number of ether oxygens (including phenoxy) is 1. The molecule has 0 saturated heterocycles. The number of amides is 1. The van der Waals surface area contributed by atoms with Crippen molar-refractivity contribution in [3.05, 3.63) is 35.4 Å². The van der Waals surface area contributed by atoms with Crippen LogP contribution in [-0.2, 0) is 16.0 Å². The summed E-state index contributed by atoms with van der Waals surface area (Å²) >= 11 is 0. The number of rotatable bonds is 9. The molecule has 1 aliphatic carbocycles. The number of hydrogen-bond donors (Lipinski definition) is 2. The number of methoxy groups -OCH3 is 1. The highest BCUT2D eigenvalue weighted by atomic mass is 16.5. The molecule has 1 fully saturated rings. The molecule has 1 saturated carbocycles. The van der Waals surface area contributed by atoms with Gasteiger partial charge in [0.05, 0.1) is 18.6 Å². The van der Waals surface area contributed by atoms with Crippen LogP contribution in [0, 0.1) is 11.8 Å². The standard InChI is InChI=1S/C19H30N2O2/c1-13(2)10-14-4-6-15(7-5-14)19(16-8-9-16)21-18(22)11-17(12-20)23-3/h4-7,13,16-17,19H,8-12,20H2,1-3H3,(H,21,22). The molecule has 4 nitrogen and oxygen atoms in total. The van der Waals surface area contributed by atoms with Gasteiger partial charge in [-0.05, 0) is 42.2 Å². The minimum absolute atomic E-state index is 0.0189. The van der Waals surface area contributed by atoms with Gasteiger partial charge in [-0.15, -0.1) is 0 Å². The molecule has 1 aromatic rings. The van der Waals surface area contributed by atoms with E-state index in [1.807, 2.05) is 0 Å². The summed E-state index contributed by atoms with van der Waals surface area (Å²) < 4.78 is 5.20. The first-order valence-electron chi connectivity index (χ1n) is 8.64. The maximum absolute atomic E-state index is 12.3. The molecule has 0 aromatic heterocycles. The Balaban J connectivity index is 1.99. The van der Waals surface area contributed by atoms with Crippen molar-refractivity contribution in [1.29, 1.82) is 0 Å². The highest BCUT2D eigenvalue weighted by molar-refractivity contribution is 5.77. The number of carbonyl (C=O) groups is 1. The molecule has 4 heteroatoms. The zero-order chi connectivity index (χ0) is 16.8. The van der Waals surface area contributed by atoms with Gasteiger partial charge >= 0.3 is 0 Å². The molecule has 0 aliphatic heterocycles. The van der Waals surface area contributed by atoms with Crippen molar-refractivity contribution in [1.82, 2.24) is 5.32 Å². The second-order valence-corrected chi connectivity index (χ2v) is 7.02. The predicted molar refractivity (Wildman–Crippen MR) is 93.1 cm³/mol. The lowest BCUT2D eigenvalue weighted by Gasteiger charge is -2.21. The van der Waals surface area contributed by atoms with E-state index >= 15 is 0 Å². The third kappa shape index (κ3) is 5.63. The highest BCUT2D eigenvalue weighted by Gasteiger charge is 2.33. The maximum Gasteiger partial charge on any atom is 0.223 e. The van der Waals surface area contributed by atoms with Crippen LogP contribution in [0.5, 0.6) is 0 Å².